The highest BCUT2D eigenvalue weighted by Crippen LogP contribution is 2.25. The molecule has 0 bridgehead atoms. The number of carbonyl (C=O) groups excluding carboxylic acids is 1. The van der Waals surface area contributed by atoms with E-state index in [1.807, 2.05) is 50.2 Å². The third-order valence-corrected chi connectivity index (χ3v) is 5.19. The number of nitrogens with zero attached hydrogens (tertiary/aromatic N) is 3. The van der Waals surface area contributed by atoms with Gasteiger partial charge in [-0.15, -0.1) is 10.2 Å². The standard InChI is InChI=1S/C22H24N4O2/c1-15-7-8-16(2)19(13-15)23-22(27)17-5-3-11-26(14-17)21-10-9-18(24-25-21)20-6-4-12-28-20/h4,6-10,12-13,17H,3,5,11,14H2,1-2H3,(H,23,27). The highest BCUT2D eigenvalue weighted by Gasteiger charge is 2.27. The SMILES string of the molecule is Cc1ccc(C)c(NC(=O)C2CCCN(c3ccc(-c4ccco4)nn3)C2)c1. The Morgan fingerprint density at radius 1 is 1.18 bits per heavy atom. The molecule has 0 spiro atoms. The van der Waals surface area contributed by atoms with Crippen LogP contribution >= 0.6 is 0 Å². The quantitative estimate of drug-likeness (QED) is 0.739. The summed E-state index contributed by atoms with van der Waals surface area (Å²) in [6, 6.07) is 13.6. The number of anilines is 2. The molecular formula is C22H24N4O2. The van der Waals surface area contributed by atoms with Crippen molar-refractivity contribution in [3.63, 3.8) is 0 Å². The number of aryl methyl sites for hydroxylation is 2. The van der Waals surface area contributed by atoms with Crippen molar-refractivity contribution in [3.8, 4) is 11.5 Å². The number of aromatic nitrogens is 2. The second-order valence-electron chi connectivity index (χ2n) is 7.35. The van der Waals surface area contributed by atoms with Crippen LogP contribution in [0.2, 0.25) is 0 Å². The molecule has 0 saturated carbocycles. The van der Waals surface area contributed by atoms with Crippen LogP contribution in [0.25, 0.3) is 11.5 Å². The van der Waals surface area contributed by atoms with Crippen LogP contribution in [0.1, 0.15) is 24.0 Å². The zero-order valence-electron chi connectivity index (χ0n) is 16.2. The Bertz CT molecular complexity index is 951. The fourth-order valence-corrected chi connectivity index (χ4v) is 3.55. The smallest absolute Gasteiger partial charge is 0.229 e. The minimum absolute atomic E-state index is 0.0681. The molecule has 6 nitrogen and oxygen atoms in total. The van der Waals surface area contributed by atoms with Gasteiger partial charge in [-0.2, -0.15) is 0 Å². The third kappa shape index (κ3) is 3.91. The lowest BCUT2D eigenvalue weighted by molar-refractivity contribution is -0.120. The van der Waals surface area contributed by atoms with Crippen molar-refractivity contribution in [1.29, 1.82) is 0 Å². The maximum absolute atomic E-state index is 12.8. The molecule has 1 aliphatic heterocycles. The Labute approximate surface area is 164 Å². The molecule has 1 aromatic carbocycles. The van der Waals surface area contributed by atoms with Crippen molar-refractivity contribution in [2.45, 2.75) is 26.7 Å². The highest BCUT2D eigenvalue weighted by molar-refractivity contribution is 5.93. The van der Waals surface area contributed by atoms with E-state index in [9.17, 15) is 4.79 Å². The molecular weight excluding hydrogens is 352 g/mol. The van der Waals surface area contributed by atoms with Crippen molar-refractivity contribution < 1.29 is 9.21 Å². The van der Waals surface area contributed by atoms with E-state index < -0.39 is 0 Å². The maximum Gasteiger partial charge on any atom is 0.229 e. The number of hydrogen-bond acceptors (Lipinski definition) is 5. The second-order valence-corrected chi connectivity index (χ2v) is 7.35. The number of rotatable bonds is 4. The molecule has 1 aliphatic rings. The third-order valence-electron chi connectivity index (χ3n) is 5.19. The molecule has 1 unspecified atom stereocenters. The number of furan rings is 1. The topological polar surface area (TPSA) is 71.3 Å². The normalized spacial score (nSPS) is 16.8. The van der Waals surface area contributed by atoms with E-state index in [4.69, 9.17) is 4.42 Å². The molecule has 1 atom stereocenters. The van der Waals surface area contributed by atoms with Gasteiger partial charge in [0, 0.05) is 18.8 Å². The Kier molecular flexibility index (Phi) is 5.10. The molecule has 0 radical (unpaired) electrons. The zero-order valence-corrected chi connectivity index (χ0v) is 16.2. The van der Waals surface area contributed by atoms with Crippen LogP contribution in [0.15, 0.2) is 53.1 Å². The summed E-state index contributed by atoms with van der Waals surface area (Å²) in [6.45, 7) is 5.56. The largest absolute Gasteiger partial charge is 0.463 e. The average molecular weight is 376 g/mol. The van der Waals surface area contributed by atoms with Crippen molar-refractivity contribution in [1.82, 2.24) is 10.2 Å². The summed E-state index contributed by atoms with van der Waals surface area (Å²) < 4.78 is 5.36. The molecule has 1 amide bonds. The predicted octanol–water partition coefficient (Wildman–Crippen LogP) is 4.21. The average Bonchev–Trinajstić information content (AvgIpc) is 3.26. The summed E-state index contributed by atoms with van der Waals surface area (Å²) in [5.74, 6) is 1.49. The Morgan fingerprint density at radius 3 is 2.82 bits per heavy atom. The van der Waals surface area contributed by atoms with Crippen molar-refractivity contribution >= 4 is 17.4 Å². The Balaban J connectivity index is 1.44. The van der Waals surface area contributed by atoms with Crippen molar-refractivity contribution in [3.05, 3.63) is 59.9 Å². The molecule has 6 heteroatoms. The van der Waals surface area contributed by atoms with E-state index in [0.29, 0.717) is 18.0 Å². The minimum Gasteiger partial charge on any atom is -0.463 e. The van der Waals surface area contributed by atoms with Gasteiger partial charge in [0.25, 0.3) is 0 Å². The number of amides is 1. The van der Waals surface area contributed by atoms with Gasteiger partial charge in [0.15, 0.2) is 11.6 Å². The van der Waals surface area contributed by atoms with Gasteiger partial charge in [-0.25, -0.2) is 0 Å². The van der Waals surface area contributed by atoms with Crippen molar-refractivity contribution in [2.24, 2.45) is 5.92 Å². The van der Waals surface area contributed by atoms with Crippen LogP contribution in [-0.2, 0) is 4.79 Å². The number of carbonyl (C=O) groups is 1. The highest BCUT2D eigenvalue weighted by atomic mass is 16.3. The van der Waals surface area contributed by atoms with E-state index in [1.165, 1.54) is 0 Å². The maximum atomic E-state index is 12.8. The Morgan fingerprint density at radius 2 is 2.07 bits per heavy atom. The van der Waals surface area contributed by atoms with E-state index in [2.05, 4.69) is 26.5 Å². The van der Waals surface area contributed by atoms with Gasteiger partial charge in [-0.1, -0.05) is 12.1 Å². The van der Waals surface area contributed by atoms with Crippen LogP contribution in [0.4, 0.5) is 11.5 Å². The Hall–Kier alpha value is -3.15. The zero-order chi connectivity index (χ0) is 19.5. The van der Waals surface area contributed by atoms with Crippen LogP contribution in [0.3, 0.4) is 0 Å². The first-order valence-corrected chi connectivity index (χ1v) is 9.61. The van der Waals surface area contributed by atoms with Crippen LogP contribution in [0.5, 0.6) is 0 Å². The number of nitrogens with one attached hydrogen (secondary N) is 1. The van der Waals surface area contributed by atoms with Gasteiger partial charge < -0.3 is 14.6 Å². The number of benzene rings is 1. The van der Waals surface area contributed by atoms with Gasteiger partial charge in [0.1, 0.15) is 5.69 Å². The number of piperidine rings is 1. The van der Waals surface area contributed by atoms with Gasteiger partial charge in [-0.3, -0.25) is 4.79 Å². The monoisotopic (exact) mass is 376 g/mol. The van der Waals surface area contributed by atoms with Gasteiger partial charge in [-0.05, 0) is 68.1 Å². The summed E-state index contributed by atoms with van der Waals surface area (Å²) in [7, 11) is 0. The molecule has 1 saturated heterocycles. The number of hydrogen-bond donors (Lipinski definition) is 1. The lowest BCUT2D eigenvalue weighted by Crippen LogP contribution is -2.41. The molecule has 2 aromatic heterocycles. The molecule has 1 fully saturated rings. The predicted molar refractivity (Wildman–Crippen MR) is 109 cm³/mol. The van der Waals surface area contributed by atoms with Crippen molar-refractivity contribution in [2.75, 3.05) is 23.3 Å². The molecule has 1 N–H and O–H groups in total. The van der Waals surface area contributed by atoms with Crippen LogP contribution in [0, 0.1) is 19.8 Å². The lowest BCUT2D eigenvalue weighted by Gasteiger charge is -2.32. The van der Waals surface area contributed by atoms with Crippen LogP contribution in [-0.4, -0.2) is 29.2 Å². The summed E-state index contributed by atoms with van der Waals surface area (Å²) in [5.41, 5.74) is 3.81. The molecule has 3 heterocycles. The lowest BCUT2D eigenvalue weighted by atomic mass is 9.96. The fourth-order valence-electron chi connectivity index (χ4n) is 3.55. The molecule has 28 heavy (non-hydrogen) atoms. The van der Waals surface area contributed by atoms with Gasteiger partial charge in [0.2, 0.25) is 5.91 Å². The fraction of sp³-hybridized carbons (Fsp3) is 0.318. The minimum atomic E-state index is -0.0692. The molecule has 3 aromatic rings. The summed E-state index contributed by atoms with van der Waals surface area (Å²) in [5, 5.41) is 11.7. The van der Waals surface area contributed by atoms with Gasteiger partial charge >= 0.3 is 0 Å². The summed E-state index contributed by atoms with van der Waals surface area (Å²) >= 11 is 0. The first-order valence-electron chi connectivity index (χ1n) is 9.61. The second kappa shape index (κ2) is 7.84. The van der Waals surface area contributed by atoms with Crippen LogP contribution < -0.4 is 10.2 Å². The molecule has 144 valence electrons. The van der Waals surface area contributed by atoms with Gasteiger partial charge in [0.05, 0.1) is 12.2 Å². The molecule has 0 aliphatic carbocycles. The van der Waals surface area contributed by atoms with E-state index in [1.54, 1.807) is 6.26 Å². The van der Waals surface area contributed by atoms with E-state index in [0.717, 1.165) is 42.0 Å². The first kappa shape index (κ1) is 18.2. The molecule has 4 rings (SSSR count). The van der Waals surface area contributed by atoms with E-state index >= 15 is 0 Å². The first-order chi connectivity index (χ1) is 13.6. The van der Waals surface area contributed by atoms with E-state index in [-0.39, 0.29) is 11.8 Å². The summed E-state index contributed by atoms with van der Waals surface area (Å²) in [6.07, 6.45) is 3.45. The summed E-state index contributed by atoms with van der Waals surface area (Å²) in [4.78, 5) is 15.0.